The van der Waals surface area contributed by atoms with Crippen LogP contribution in [-0.4, -0.2) is 34.5 Å². The summed E-state index contributed by atoms with van der Waals surface area (Å²) in [4.78, 5) is 0. The van der Waals surface area contributed by atoms with Crippen molar-refractivity contribution in [3.8, 4) is 12.1 Å². The summed E-state index contributed by atoms with van der Waals surface area (Å²) < 4.78 is 56.5. The van der Waals surface area contributed by atoms with Crippen molar-refractivity contribution >= 4 is 20.0 Å². The summed E-state index contributed by atoms with van der Waals surface area (Å²) in [5.74, 6) is 0. The molecule has 0 atom stereocenters. The van der Waals surface area contributed by atoms with E-state index in [1.165, 1.54) is 19.3 Å². The van der Waals surface area contributed by atoms with Crippen LogP contribution in [0.3, 0.4) is 0 Å². The number of hydrogen-bond donors (Lipinski definition) is 2. The predicted molar refractivity (Wildman–Crippen MR) is 175 cm³/mol. The summed E-state index contributed by atoms with van der Waals surface area (Å²) in [6, 6.07) is 4.34. The molecular weight excluding hydrogens is 569 g/mol. The molecular formula is C32H62N4O4S2. The van der Waals surface area contributed by atoms with E-state index >= 15 is 0 Å². The van der Waals surface area contributed by atoms with E-state index in [1.807, 2.05) is 0 Å². The van der Waals surface area contributed by atoms with Gasteiger partial charge >= 0.3 is 0 Å². The number of nitrogens with one attached hydrogen (secondary N) is 2. The largest absolute Gasteiger partial charge is 0.230 e. The summed E-state index contributed by atoms with van der Waals surface area (Å²) in [6.07, 6.45) is 24.5. The van der Waals surface area contributed by atoms with Gasteiger partial charge in [-0.3, -0.25) is 0 Å². The molecule has 0 radical (unpaired) electrons. The van der Waals surface area contributed by atoms with Gasteiger partial charge in [0.05, 0.1) is 12.1 Å². The molecule has 0 rings (SSSR count). The third-order valence-corrected chi connectivity index (χ3v) is 12.4. The lowest BCUT2D eigenvalue weighted by Gasteiger charge is -2.19. The average Bonchev–Trinajstić information content (AvgIpc) is 2.95. The first kappa shape index (κ1) is 40.8. The third-order valence-electron chi connectivity index (χ3n) is 7.77. The summed E-state index contributed by atoms with van der Waals surface area (Å²) in [7, 11) is -8.01. The van der Waals surface area contributed by atoms with Gasteiger partial charge in [-0.15, -0.1) is 0 Å². The van der Waals surface area contributed by atoms with E-state index in [9.17, 15) is 16.8 Å². The molecule has 0 aliphatic carbocycles. The lowest BCUT2D eigenvalue weighted by Crippen LogP contribution is -2.45. The zero-order valence-electron chi connectivity index (χ0n) is 26.7. The van der Waals surface area contributed by atoms with Gasteiger partial charge in [-0.2, -0.15) is 10.5 Å². The quantitative estimate of drug-likeness (QED) is 0.0716. The molecule has 0 saturated carbocycles. The Bertz CT molecular complexity index is 846. The zero-order chi connectivity index (χ0) is 31.2. The van der Waals surface area contributed by atoms with Gasteiger partial charge in [-0.1, -0.05) is 129 Å². The first-order valence-electron chi connectivity index (χ1n) is 17.0. The van der Waals surface area contributed by atoms with Gasteiger partial charge in [0, 0.05) is 25.9 Å². The van der Waals surface area contributed by atoms with Crippen LogP contribution in [0.1, 0.15) is 174 Å². The minimum absolute atomic E-state index is 0.121. The SMILES string of the molecule is CCCCCCCCCC(S(=O)(=O)NCCCCCCCCCCC#N)S(=O)(=O)NCCCCCCCCCCC#N. The Labute approximate surface area is 259 Å². The molecule has 246 valence electrons. The molecule has 0 spiro atoms. The van der Waals surface area contributed by atoms with Crippen molar-refractivity contribution in [3.05, 3.63) is 0 Å². The van der Waals surface area contributed by atoms with Gasteiger partial charge in [-0.25, -0.2) is 26.3 Å². The molecule has 0 aliphatic rings. The Hall–Kier alpha value is -1.20. The van der Waals surface area contributed by atoms with Crippen molar-refractivity contribution < 1.29 is 16.8 Å². The number of nitrogens with zero attached hydrogens (tertiary/aromatic N) is 2. The lowest BCUT2D eigenvalue weighted by atomic mass is 10.1. The molecule has 10 heteroatoms. The van der Waals surface area contributed by atoms with Gasteiger partial charge in [0.25, 0.3) is 0 Å². The van der Waals surface area contributed by atoms with Crippen molar-refractivity contribution in [1.29, 1.82) is 10.5 Å². The van der Waals surface area contributed by atoms with Crippen molar-refractivity contribution in [2.45, 2.75) is 178 Å². The van der Waals surface area contributed by atoms with Crippen molar-refractivity contribution in [1.82, 2.24) is 9.44 Å². The number of hydrogen-bond acceptors (Lipinski definition) is 6. The molecule has 8 nitrogen and oxygen atoms in total. The summed E-state index contributed by atoms with van der Waals surface area (Å²) >= 11 is 0. The second-order valence-corrected chi connectivity index (χ2v) is 15.9. The molecule has 2 N–H and O–H groups in total. The van der Waals surface area contributed by atoms with E-state index in [0.717, 1.165) is 109 Å². The second kappa shape index (κ2) is 28.6. The lowest BCUT2D eigenvalue weighted by molar-refractivity contribution is 0.530. The van der Waals surface area contributed by atoms with Crippen LogP contribution in [0.5, 0.6) is 0 Å². The minimum atomic E-state index is -4.00. The minimum Gasteiger partial charge on any atom is -0.214 e. The molecule has 42 heavy (non-hydrogen) atoms. The van der Waals surface area contributed by atoms with Crippen LogP contribution in [0.25, 0.3) is 0 Å². The fourth-order valence-electron chi connectivity index (χ4n) is 5.14. The normalized spacial score (nSPS) is 12.0. The third kappa shape index (κ3) is 24.3. The molecule has 0 amide bonds. The summed E-state index contributed by atoms with van der Waals surface area (Å²) in [5.41, 5.74) is 0. The fourth-order valence-corrected chi connectivity index (χ4v) is 9.07. The zero-order valence-corrected chi connectivity index (χ0v) is 28.4. The molecule has 0 saturated heterocycles. The number of rotatable bonds is 32. The first-order chi connectivity index (χ1) is 20.3. The van der Waals surface area contributed by atoms with E-state index in [2.05, 4.69) is 28.5 Å². The average molecular weight is 631 g/mol. The molecule has 0 fully saturated rings. The highest BCUT2D eigenvalue weighted by molar-refractivity contribution is 8.07. The van der Waals surface area contributed by atoms with E-state index < -0.39 is 24.6 Å². The van der Waals surface area contributed by atoms with Crippen LogP contribution >= 0.6 is 0 Å². The Kier molecular flexibility index (Phi) is 27.7. The standard InChI is InChI=1S/C32H62N4O4S2/c1-2-3-4-5-12-17-22-27-32(41(37,38)35-30-25-20-15-10-6-8-13-18-23-28-33)42(39,40)36-31-26-21-16-11-7-9-14-19-24-29-34/h32,35-36H,2-27,30-31H2,1H3. The molecule has 0 unspecified atom stereocenters. The van der Waals surface area contributed by atoms with Gasteiger partial charge in [0.15, 0.2) is 4.58 Å². The number of unbranched alkanes of at least 4 members (excludes halogenated alkanes) is 22. The van der Waals surface area contributed by atoms with E-state index in [4.69, 9.17) is 10.5 Å². The maximum atomic E-state index is 13.2. The molecule has 0 bridgehead atoms. The smallest absolute Gasteiger partial charge is 0.214 e. The Balaban J connectivity index is 4.57. The summed E-state index contributed by atoms with van der Waals surface area (Å²) in [5, 5.41) is 17.2. The van der Waals surface area contributed by atoms with Gasteiger partial charge in [0.1, 0.15) is 0 Å². The van der Waals surface area contributed by atoms with Crippen LogP contribution in [0.15, 0.2) is 0 Å². The topological polar surface area (TPSA) is 140 Å². The van der Waals surface area contributed by atoms with Crippen LogP contribution in [0.4, 0.5) is 0 Å². The Morgan fingerprint density at radius 2 is 0.786 bits per heavy atom. The van der Waals surface area contributed by atoms with Crippen LogP contribution in [0, 0.1) is 22.7 Å². The van der Waals surface area contributed by atoms with Crippen molar-refractivity contribution in [3.63, 3.8) is 0 Å². The monoisotopic (exact) mass is 630 g/mol. The molecule has 0 aromatic rings. The van der Waals surface area contributed by atoms with E-state index in [0.29, 0.717) is 32.1 Å². The highest BCUT2D eigenvalue weighted by Crippen LogP contribution is 2.18. The van der Waals surface area contributed by atoms with Gasteiger partial charge < -0.3 is 0 Å². The highest BCUT2D eigenvalue weighted by atomic mass is 32.3. The van der Waals surface area contributed by atoms with Crippen LogP contribution in [0.2, 0.25) is 0 Å². The summed E-state index contributed by atoms with van der Waals surface area (Å²) in [6.45, 7) is 2.70. The maximum absolute atomic E-state index is 13.2. The molecule has 0 aliphatic heterocycles. The second-order valence-electron chi connectivity index (χ2n) is 11.7. The highest BCUT2D eigenvalue weighted by Gasteiger charge is 2.36. The molecule has 0 aromatic heterocycles. The maximum Gasteiger partial charge on any atom is 0.230 e. The van der Waals surface area contributed by atoms with Crippen LogP contribution in [-0.2, 0) is 20.0 Å². The van der Waals surface area contributed by atoms with E-state index in [-0.39, 0.29) is 19.5 Å². The Morgan fingerprint density at radius 3 is 1.14 bits per heavy atom. The Morgan fingerprint density at radius 1 is 0.476 bits per heavy atom. The van der Waals surface area contributed by atoms with E-state index in [1.54, 1.807) is 0 Å². The van der Waals surface area contributed by atoms with Gasteiger partial charge in [0.2, 0.25) is 20.0 Å². The van der Waals surface area contributed by atoms with Crippen molar-refractivity contribution in [2.75, 3.05) is 13.1 Å². The number of nitriles is 2. The number of sulfonamides is 2. The fraction of sp³-hybridized carbons (Fsp3) is 0.938. The van der Waals surface area contributed by atoms with Crippen LogP contribution < -0.4 is 9.44 Å². The molecule has 0 heterocycles. The first-order valence-corrected chi connectivity index (χ1v) is 20.1. The van der Waals surface area contributed by atoms with Crippen molar-refractivity contribution in [2.24, 2.45) is 0 Å². The van der Waals surface area contributed by atoms with Gasteiger partial charge in [-0.05, 0) is 32.1 Å². The molecule has 0 aromatic carbocycles. The predicted octanol–water partition coefficient (Wildman–Crippen LogP) is 8.36.